The number of fused-ring (bicyclic) bond motifs is 1. The standard InChI is InChI=1S/C26H22FN3O5S/c1-2-35-26(32)18-6-10-21(11-7-18)29-25(31)17-30(22-12-8-20(27)9-13-22)36(33,34)24-5-3-4-19-16-28-15-14-23(19)24/h3-16H,2,17H2,1H3,(H,29,31). The molecule has 184 valence electrons. The number of hydrogen-bond acceptors (Lipinski definition) is 6. The van der Waals surface area contributed by atoms with E-state index in [2.05, 4.69) is 10.3 Å². The fourth-order valence-electron chi connectivity index (χ4n) is 3.59. The molecule has 36 heavy (non-hydrogen) atoms. The second kappa shape index (κ2) is 10.5. The fraction of sp³-hybridized carbons (Fsp3) is 0.115. The zero-order valence-electron chi connectivity index (χ0n) is 19.2. The lowest BCUT2D eigenvalue weighted by Crippen LogP contribution is -2.38. The molecule has 1 heterocycles. The largest absolute Gasteiger partial charge is 0.462 e. The Morgan fingerprint density at radius 1 is 1.00 bits per heavy atom. The number of nitrogens with one attached hydrogen (secondary N) is 1. The molecular weight excluding hydrogens is 485 g/mol. The molecule has 4 rings (SSSR count). The third kappa shape index (κ3) is 5.33. The summed E-state index contributed by atoms with van der Waals surface area (Å²) in [4.78, 5) is 28.8. The molecule has 8 nitrogen and oxygen atoms in total. The summed E-state index contributed by atoms with van der Waals surface area (Å²) < 4.78 is 47.0. The van der Waals surface area contributed by atoms with Crippen molar-refractivity contribution in [1.82, 2.24) is 4.98 Å². The Kier molecular flexibility index (Phi) is 7.25. The average Bonchev–Trinajstić information content (AvgIpc) is 2.88. The van der Waals surface area contributed by atoms with Gasteiger partial charge in [-0.1, -0.05) is 12.1 Å². The molecule has 1 amide bonds. The lowest BCUT2D eigenvalue weighted by atomic mass is 10.2. The molecule has 0 radical (unpaired) electrons. The zero-order valence-corrected chi connectivity index (χ0v) is 20.0. The van der Waals surface area contributed by atoms with Crippen molar-refractivity contribution >= 4 is 44.0 Å². The highest BCUT2D eigenvalue weighted by Gasteiger charge is 2.29. The van der Waals surface area contributed by atoms with Gasteiger partial charge in [0, 0.05) is 28.9 Å². The Balaban J connectivity index is 1.65. The van der Waals surface area contributed by atoms with E-state index in [1.807, 2.05) is 0 Å². The van der Waals surface area contributed by atoms with Crippen molar-refractivity contribution < 1.29 is 27.1 Å². The number of ether oxygens (including phenoxy) is 1. The molecule has 0 aliphatic rings. The Morgan fingerprint density at radius 3 is 2.42 bits per heavy atom. The molecule has 0 saturated carbocycles. The Hall–Kier alpha value is -4.31. The number of rotatable bonds is 8. The van der Waals surface area contributed by atoms with Gasteiger partial charge in [-0.3, -0.25) is 14.1 Å². The molecule has 0 unspecified atom stereocenters. The molecule has 0 bridgehead atoms. The third-order valence-corrected chi connectivity index (χ3v) is 7.12. The number of carbonyl (C=O) groups is 2. The van der Waals surface area contributed by atoms with Gasteiger partial charge in [-0.05, 0) is 67.6 Å². The lowest BCUT2D eigenvalue weighted by molar-refractivity contribution is -0.114. The van der Waals surface area contributed by atoms with Gasteiger partial charge >= 0.3 is 5.97 Å². The number of pyridine rings is 1. The van der Waals surface area contributed by atoms with E-state index in [9.17, 15) is 22.4 Å². The van der Waals surface area contributed by atoms with Gasteiger partial charge in [0.05, 0.1) is 22.8 Å². The predicted octanol–water partition coefficient (Wildman–Crippen LogP) is 4.38. The quantitative estimate of drug-likeness (QED) is 0.355. The minimum Gasteiger partial charge on any atom is -0.462 e. The van der Waals surface area contributed by atoms with Crippen molar-refractivity contribution in [3.8, 4) is 0 Å². The third-order valence-electron chi connectivity index (χ3n) is 5.29. The van der Waals surface area contributed by atoms with Crippen molar-refractivity contribution in [1.29, 1.82) is 0 Å². The number of amides is 1. The molecule has 0 spiro atoms. The summed E-state index contributed by atoms with van der Waals surface area (Å²) in [5.41, 5.74) is 0.798. The normalized spacial score (nSPS) is 11.2. The van der Waals surface area contributed by atoms with Gasteiger partial charge in [0.2, 0.25) is 5.91 Å². The van der Waals surface area contributed by atoms with Gasteiger partial charge in [-0.15, -0.1) is 0 Å². The lowest BCUT2D eigenvalue weighted by Gasteiger charge is -2.25. The SMILES string of the molecule is CCOC(=O)c1ccc(NC(=O)CN(c2ccc(F)cc2)S(=O)(=O)c2cccc3cnccc23)cc1. The minimum absolute atomic E-state index is 0.0154. The highest BCUT2D eigenvalue weighted by Crippen LogP contribution is 2.29. The van der Waals surface area contributed by atoms with Crippen LogP contribution in [0.15, 0.2) is 90.1 Å². The predicted molar refractivity (Wildman–Crippen MR) is 134 cm³/mol. The number of esters is 1. The van der Waals surface area contributed by atoms with Gasteiger partial charge in [0.1, 0.15) is 12.4 Å². The first kappa shape index (κ1) is 24.8. The topological polar surface area (TPSA) is 106 Å². The van der Waals surface area contributed by atoms with Crippen LogP contribution in [0, 0.1) is 5.82 Å². The molecule has 0 saturated heterocycles. The first-order chi connectivity index (χ1) is 17.3. The van der Waals surface area contributed by atoms with Crippen molar-refractivity contribution in [2.75, 3.05) is 22.8 Å². The molecule has 1 aromatic heterocycles. The monoisotopic (exact) mass is 507 g/mol. The minimum atomic E-state index is -4.24. The van der Waals surface area contributed by atoms with E-state index in [1.165, 1.54) is 48.7 Å². The van der Waals surface area contributed by atoms with Crippen molar-refractivity contribution in [2.45, 2.75) is 11.8 Å². The molecule has 4 aromatic rings. The molecule has 1 N–H and O–H groups in total. The van der Waals surface area contributed by atoms with Crippen LogP contribution in [-0.2, 0) is 19.6 Å². The number of nitrogens with zero attached hydrogens (tertiary/aromatic N) is 2. The van der Waals surface area contributed by atoms with Gasteiger partial charge in [0.15, 0.2) is 0 Å². The molecule has 10 heteroatoms. The number of benzene rings is 3. The second-order valence-electron chi connectivity index (χ2n) is 7.69. The Bertz CT molecular complexity index is 1500. The van der Waals surface area contributed by atoms with E-state index in [0.717, 1.165) is 16.4 Å². The van der Waals surface area contributed by atoms with Crippen LogP contribution in [0.25, 0.3) is 10.8 Å². The number of anilines is 2. The summed E-state index contributed by atoms with van der Waals surface area (Å²) >= 11 is 0. The number of aromatic nitrogens is 1. The van der Waals surface area contributed by atoms with Crippen molar-refractivity contribution in [3.05, 3.63) is 96.6 Å². The van der Waals surface area contributed by atoms with E-state index in [-0.39, 0.29) is 17.2 Å². The summed E-state index contributed by atoms with van der Waals surface area (Å²) in [7, 11) is -4.24. The van der Waals surface area contributed by atoms with E-state index in [1.54, 1.807) is 31.3 Å². The molecule has 0 aliphatic heterocycles. The molecule has 0 atom stereocenters. The van der Waals surface area contributed by atoms with E-state index in [4.69, 9.17) is 4.74 Å². The van der Waals surface area contributed by atoms with Gasteiger partial charge in [-0.2, -0.15) is 0 Å². The molecule has 0 aliphatic carbocycles. The first-order valence-electron chi connectivity index (χ1n) is 11.0. The van der Waals surface area contributed by atoms with Crippen LogP contribution < -0.4 is 9.62 Å². The number of sulfonamides is 1. The number of carbonyl (C=O) groups excluding carboxylic acids is 2. The highest BCUT2D eigenvalue weighted by atomic mass is 32.2. The number of hydrogen-bond donors (Lipinski definition) is 1. The van der Waals surface area contributed by atoms with Crippen molar-refractivity contribution in [3.63, 3.8) is 0 Å². The average molecular weight is 508 g/mol. The zero-order chi connectivity index (χ0) is 25.7. The fourth-order valence-corrected chi connectivity index (χ4v) is 5.23. The van der Waals surface area contributed by atoms with Crippen LogP contribution in [0.1, 0.15) is 17.3 Å². The molecule has 0 fully saturated rings. The maximum absolute atomic E-state index is 13.8. The summed E-state index contributed by atoms with van der Waals surface area (Å²) in [6.45, 7) is 1.36. The van der Waals surface area contributed by atoms with Crippen LogP contribution in [0.5, 0.6) is 0 Å². The van der Waals surface area contributed by atoms with E-state index < -0.39 is 34.3 Å². The maximum atomic E-state index is 13.8. The van der Waals surface area contributed by atoms with Crippen LogP contribution in [-0.4, -0.2) is 38.4 Å². The smallest absolute Gasteiger partial charge is 0.338 e. The number of halogens is 1. The second-order valence-corrected chi connectivity index (χ2v) is 9.52. The van der Waals surface area contributed by atoms with Crippen LogP contribution >= 0.6 is 0 Å². The molecular formula is C26H22FN3O5S. The van der Waals surface area contributed by atoms with E-state index >= 15 is 0 Å². The summed E-state index contributed by atoms with van der Waals surface area (Å²) in [5, 5.41) is 3.69. The summed E-state index contributed by atoms with van der Waals surface area (Å²) in [6.07, 6.45) is 3.03. The van der Waals surface area contributed by atoms with Gasteiger partial charge in [-0.25, -0.2) is 17.6 Å². The van der Waals surface area contributed by atoms with Gasteiger partial charge < -0.3 is 10.1 Å². The maximum Gasteiger partial charge on any atom is 0.338 e. The van der Waals surface area contributed by atoms with Crippen LogP contribution in [0.4, 0.5) is 15.8 Å². The van der Waals surface area contributed by atoms with E-state index in [0.29, 0.717) is 22.0 Å². The Labute approximate surface area is 207 Å². The molecule has 3 aromatic carbocycles. The first-order valence-corrected chi connectivity index (χ1v) is 12.4. The highest BCUT2D eigenvalue weighted by molar-refractivity contribution is 7.93. The van der Waals surface area contributed by atoms with Crippen LogP contribution in [0.3, 0.4) is 0 Å². The Morgan fingerprint density at radius 2 is 1.72 bits per heavy atom. The summed E-state index contributed by atoms with van der Waals surface area (Å²) in [5.74, 6) is -1.67. The van der Waals surface area contributed by atoms with Gasteiger partial charge in [0.25, 0.3) is 10.0 Å². The van der Waals surface area contributed by atoms with Crippen LogP contribution in [0.2, 0.25) is 0 Å². The summed E-state index contributed by atoms with van der Waals surface area (Å²) in [6, 6.07) is 17.2. The van der Waals surface area contributed by atoms with Crippen molar-refractivity contribution in [2.24, 2.45) is 0 Å².